The van der Waals surface area contributed by atoms with E-state index < -0.39 is 13.4 Å². The molecule has 0 spiro atoms. The fourth-order valence-electron chi connectivity index (χ4n) is 3.03. The largest absolute Gasteiger partial charge is 0.504 e. The molecule has 0 bridgehead atoms. The molecular formula is C22H33N2O6P. The predicted molar refractivity (Wildman–Crippen MR) is 122 cm³/mol. The number of aromatic nitrogens is 1. The molecular weight excluding hydrogens is 419 g/mol. The molecule has 0 amide bonds. The maximum atomic E-state index is 14.1. The van der Waals surface area contributed by atoms with Crippen LogP contribution in [0.4, 0.5) is 5.82 Å². The van der Waals surface area contributed by atoms with Crippen LogP contribution in [0.3, 0.4) is 0 Å². The molecule has 0 aliphatic carbocycles. The molecule has 1 aromatic carbocycles. The molecule has 0 radical (unpaired) electrons. The molecule has 9 heteroatoms. The highest BCUT2D eigenvalue weighted by atomic mass is 31.2. The zero-order valence-electron chi connectivity index (χ0n) is 19.2. The Morgan fingerprint density at radius 2 is 1.90 bits per heavy atom. The summed E-state index contributed by atoms with van der Waals surface area (Å²) in [5, 5.41) is 13.4. The van der Waals surface area contributed by atoms with Crippen LogP contribution in [0.15, 0.2) is 30.5 Å². The van der Waals surface area contributed by atoms with Crippen LogP contribution in [0.2, 0.25) is 0 Å². The maximum Gasteiger partial charge on any atom is 0.401 e. The summed E-state index contributed by atoms with van der Waals surface area (Å²) in [4.78, 5) is 4.31. The lowest BCUT2D eigenvalue weighted by Crippen LogP contribution is -2.30. The summed E-state index contributed by atoms with van der Waals surface area (Å²) in [6, 6.07) is 6.64. The van der Waals surface area contributed by atoms with Gasteiger partial charge in [-0.05, 0) is 57.4 Å². The minimum atomic E-state index is -3.78. The van der Waals surface area contributed by atoms with E-state index in [1.54, 1.807) is 52.3 Å². The molecule has 0 aliphatic heterocycles. The Bertz CT molecular complexity index is 919. The maximum absolute atomic E-state index is 14.1. The van der Waals surface area contributed by atoms with Crippen molar-refractivity contribution < 1.29 is 28.2 Å². The van der Waals surface area contributed by atoms with E-state index in [1.165, 1.54) is 6.07 Å². The zero-order valence-corrected chi connectivity index (χ0v) is 20.1. The molecule has 172 valence electrons. The molecule has 1 heterocycles. The van der Waals surface area contributed by atoms with E-state index in [2.05, 4.69) is 10.3 Å². The number of rotatable bonds is 11. The number of hydrogen-bond acceptors (Lipinski definition) is 8. The Hall–Kier alpha value is -2.44. The number of pyridine rings is 1. The first-order valence-electron chi connectivity index (χ1n) is 10.3. The number of phenolic OH excluding ortho intramolecular Hbond substituents is 1. The Labute approximate surface area is 184 Å². The van der Waals surface area contributed by atoms with E-state index in [-0.39, 0.29) is 29.3 Å². The van der Waals surface area contributed by atoms with Crippen molar-refractivity contribution >= 4 is 13.4 Å². The van der Waals surface area contributed by atoms with Crippen LogP contribution in [0.25, 0.3) is 0 Å². The van der Waals surface area contributed by atoms with E-state index in [9.17, 15) is 9.67 Å². The van der Waals surface area contributed by atoms with Crippen molar-refractivity contribution in [1.29, 1.82) is 0 Å². The summed E-state index contributed by atoms with van der Waals surface area (Å²) in [6.45, 7) is 11.3. The van der Waals surface area contributed by atoms with E-state index in [1.807, 2.05) is 20.8 Å². The van der Waals surface area contributed by atoms with Gasteiger partial charge >= 0.3 is 7.60 Å². The van der Waals surface area contributed by atoms with Crippen molar-refractivity contribution in [3.63, 3.8) is 0 Å². The third-order valence-corrected chi connectivity index (χ3v) is 6.96. The first kappa shape index (κ1) is 24.8. The molecule has 2 N–H and O–H groups in total. The number of aromatic hydroxyl groups is 1. The predicted octanol–water partition coefficient (Wildman–Crippen LogP) is 5.59. The van der Waals surface area contributed by atoms with Crippen molar-refractivity contribution in [2.24, 2.45) is 5.92 Å². The van der Waals surface area contributed by atoms with Crippen LogP contribution < -0.4 is 19.3 Å². The first-order valence-corrected chi connectivity index (χ1v) is 11.9. The van der Waals surface area contributed by atoms with Crippen LogP contribution in [0, 0.1) is 12.8 Å². The molecule has 0 saturated heterocycles. The average molecular weight is 452 g/mol. The van der Waals surface area contributed by atoms with Gasteiger partial charge < -0.3 is 24.4 Å². The molecule has 0 aliphatic rings. The van der Waals surface area contributed by atoms with Gasteiger partial charge in [0, 0.05) is 12.3 Å². The number of nitrogens with zero attached hydrogens (tertiary/aromatic N) is 1. The van der Waals surface area contributed by atoms with Gasteiger partial charge in [0.1, 0.15) is 11.5 Å². The molecule has 2 atom stereocenters. The highest BCUT2D eigenvalue weighted by molar-refractivity contribution is 7.55. The Morgan fingerprint density at radius 1 is 1.19 bits per heavy atom. The molecule has 2 unspecified atom stereocenters. The van der Waals surface area contributed by atoms with Gasteiger partial charge in [0.05, 0.1) is 19.8 Å². The summed E-state index contributed by atoms with van der Waals surface area (Å²) in [7, 11) is -2.23. The van der Waals surface area contributed by atoms with Gasteiger partial charge in [0.2, 0.25) is 0 Å². The van der Waals surface area contributed by atoms with Crippen molar-refractivity contribution in [1.82, 2.24) is 4.98 Å². The summed E-state index contributed by atoms with van der Waals surface area (Å²) >= 11 is 0. The van der Waals surface area contributed by atoms with Gasteiger partial charge in [0.25, 0.3) is 0 Å². The Balaban J connectivity index is 2.48. The highest BCUT2D eigenvalue weighted by Crippen LogP contribution is 2.57. The van der Waals surface area contributed by atoms with E-state index in [0.29, 0.717) is 23.7 Å². The van der Waals surface area contributed by atoms with Crippen molar-refractivity contribution in [3.05, 3.63) is 36.0 Å². The number of ether oxygens (including phenoxy) is 2. The molecule has 8 nitrogen and oxygen atoms in total. The number of methoxy groups -OCH3 is 1. The molecule has 1 aromatic heterocycles. The highest BCUT2D eigenvalue weighted by Gasteiger charge is 2.41. The summed E-state index contributed by atoms with van der Waals surface area (Å²) in [5.41, 5.74) is 0.539. The number of nitrogens with one attached hydrogen (secondary N) is 1. The van der Waals surface area contributed by atoms with Crippen molar-refractivity contribution in [3.8, 4) is 23.0 Å². The minimum absolute atomic E-state index is 0.0190. The number of anilines is 1. The Morgan fingerprint density at radius 3 is 2.48 bits per heavy atom. The summed E-state index contributed by atoms with van der Waals surface area (Å²) in [5.74, 6) is 0.659. The molecule has 2 rings (SSSR count). The summed E-state index contributed by atoms with van der Waals surface area (Å²) in [6.07, 6.45) is 1.26. The van der Waals surface area contributed by atoms with Gasteiger partial charge in [0.15, 0.2) is 23.1 Å². The van der Waals surface area contributed by atoms with Crippen molar-refractivity contribution in [2.45, 2.75) is 53.4 Å². The lowest BCUT2D eigenvalue weighted by atomic mass is 10.2. The van der Waals surface area contributed by atoms with E-state index in [4.69, 9.17) is 18.5 Å². The Kier molecular flexibility index (Phi) is 8.60. The topological polar surface area (TPSA) is 99.1 Å². The lowest BCUT2D eigenvalue weighted by molar-refractivity contribution is 0.200. The van der Waals surface area contributed by atoms with Crippen LogP contribution in [0.1, 0.15) is 40.2 Å². The molecule has 0 saturated carbocycles. The van der Waals surface area contributed by atoms with Crippen LogP contribution in [-0.2, 0) is 9.09 Å². The van der Waals surface area contributed by atoms with E-state index in [0.717, 1.165) is 0 Å². The monoisotopic (exact) mass is 452 g/mol. The second-order valence-corrected chi connectivity index (χ2v) is 9.72. The number of hydrogen-bond donors (Lipinski definition) is 2. The van der Waals surface area contributed by atoms with Gasteiger partial charge in [-0.1, -0.05) is 13.8 Å². The number of phenols is 1. The SMILES string of the molecule is CCOc1cc(OP(=O)(OC(C)C)C(Nc2ncccc2OC)C(C)C)cc(C)c1O. The normalized spacial score (nSPS) is 14.2. The molecule has 0 fully saturated rings. The standard InChI is InChI=1S/C22H33N2O6P/c1-8-28-19-13-17(12-16(6)20(19)25)30-31(26,29-15(4)5)22(14(2)3)24-21-18(27-7)10-9-11-23-21/h9-15,22,25H,8H2,1-7H3,(H,23,24). The fraction of sp³-hybridized carbons (Fsp3) is 0.500. The third kappa shape index (κ3) is 6.28. The van der Waals surface area contributed by atoms with Gasteiger partial charge in [-0.2, -0.15) is 0 Å². The minimum Gasteiger partial charge on any atom is -0.504 e. The lowest BCUT2D eigenvalue weighted by Gasteiger charge is -2.32. The smallest absolute Gasteiger partial charge is 0.401 e. The fourth-order valence-corrected chi connectivity index (χ4v) is 5.32. The summed E-state index contributed by atoms with van der Waals surface area (Å²) < 4.78 is 36.9. The average Bonchev–Trinajstić information content (AvgIpc) is 2.69. The van der Waals surface area contributed by atoms with Gasteiger partial charge in [-0.3, -0.25) is 4.52 Å². The van der Waals surface area contributed by atoms with Gasteiger partial charge in [-0.15, -0.1) is 0 Å². The molecule has 2 aromatic rings. The van der Waals surface area contributed by atoms with Crippen LogP contribution >= 0.6 is 7.60 Å². The van der Waals surface area contributed by atoms with Gasteiger partial charge in [-0.25, -0.2) is 9.55 Å². The van der Waals surface area contributed by atoms with E-state index >= 15 is 0 Å². The second kappa shape index (κ2) is 10.7. The van der Waals surface area contributed by atoms with Crippen LogP contribution in [0.5, 0.6) is 23.0 Å². The van der Waals surface area contributed by atoms with Crippen molar-refractivity contribution in [2.75, 3.05) is 19.0 Å². The second-order valence-electron chi connectivity index (χ2n) is 7.69. The third-order valence-electron chi connectivity index (χ3n) is 4.38. The molecule has 31 heavy (non-hydrogen) atoms. The zero-order chi connectivity index (χ0) is 23.2. The number of benzene rings is 1. The first-order chi connectivity index (χ1) is 14.6. The van der Waals surface area contributed by atoms with Crippen LogP contribution in [-0.4, -0.2) is 35.7 Å². The number of aryl methyl sites for hydroxylation is 1. The quantitative estimate of drug-likeness (QED) is 0.426.